The molecule has 0 spiro atoms. The van der Waals surface area contributed by atoms with Gasteiger partial charge in [-0.1, -0.05) is 30.3 Å². The lowest BCUT2D eigenvalue weighted by Crippen LogP contribution is -2.62. The Balaban J connectivity index is 1.95. The summed E-state index contributed by atoms with van der Waals surface area (Å²) < 4.78 is 22.5. The van der Waals surface area contributed by atoms with Crippen molar-refractivity contribution in [2.45, 2.75) is 38.4 Å². The van der Waals surface area contributed by atoms with E-state index < -0.39 is 15.9 Å². The number of benzene rings is 1. The lowest BCUT2D eigenvalue weighted by Gasteiger charge is -2.47. The lowest BCUT2D eigenvalue weighted by molar-refractivity contribution is -0.138. The van der Waals surface area contributed by atoms with Crippen molar-refractivity contribution in [1.29, 1.82) is 0 Å². The van der Waals surface area contributed by atoms with Crippen LogP contribution >= 0.6 is 0 Å². The van der Waals surface area contributed by atoms with Gasteiger partial charge in [-0.2, -0.15) is 0 Å². The van der Waals surface area contributed by atoms with Crippen molar-refractivity contribution >= 4 is 15.7 Å². The molecule has 1 aromatic rings. The Morgan fingerprint density at radius 1 is 1.24 bits per heavy atom. The van der Waals surface area contributed by atoms with Gasteiger partial charge < -0.3 is 10.6 Å². The first-order chi connectivity index (χ1) is 11.6. The number of rotatable bonds is 6. The predicted molar refractivity (Wildman–Crippen MR) is 99.8 cm³/mol. The summed E-state index contributed by atoms with van der Waals surface area (Å²) in [5, 5.41) is 0. The third kappa shape index (κ3) is 5.80. The molecule has 0 saturated carbocycles. The Kier molecular flexibility index (Phi) is 6.24. The Hall–Kier alpha value is -1.44. The average Bonchev–Trinajstić information content (AvgIpc) is 2.54. The summed E-state index contributed by atoms with van der Waals surface area (Å²) in [5.41, 5.74) is 7.02. The minimum absolute atomic E-state index is 0.0583. The van der Waals surface area contributed by atoms with Gasteiger partial charge >= 0.3 is 0 Å². The fraction of sp³-hybridized carbons (Fsp3) is 0.611. The quantitative estimate of drug-likeness (QED) is 0.807. The zero-order chi connectivity index (χ0) is 18.7. The van der Waals surface area contributed by atoms with Crippen molar-refractivity contribution in [1.82, 2.24) is 9.80 Å². The lowest BCUT2D eigenvalue weighted by atomic mass is 9.97. The van der Waals surface area contributed by atoms with Gasteiger partial charge in [-0.25, -0.2) is 8.42 Å². The van der Waals surface area contributed by atoms with Crippen LogP contribution in [0.15, 0.2) is 30.3 Å². The van der Waals surface area contributed by atoms with E-state index >= 15 is 0 Å². The first-order valence-electron chi connectivity index (χ1n) is 8.59. The summed E-state index contributed by atoms with van der Waals surface area (Å²) in [6, 6.07) is 9.52. The second-order valence-corrected chi connectivity index (χ2v) is 9.76. The SMILES string of the molecule is CC1(C)CN(C(=O)[C@@H](N)CCS(C)(=O)=O)CCN1Cc1ccccc1. The molecule has 2 N–H and O–H groups in total. The number of nitrogens with two attached hydrogens (primary N) is 1. The van der Waals surface area contributed by atoms with Crippen molar-refractivity contribution in [2.75, 3.05) is 31.6 Å². The third-order valence-electron chi connectivity index (χ3n) is 4.72. The molecule has 7 heteroatoms. The molecule has 1 heterocycles. The maximum absolute atomic E-state index is 12.6. The molecule has 1 amide bonds. The Morgan fingerprint density at radius 2 is 1.88 bits per heavy atom. The highest BCUT2D eigenvalue weighted by Gasteiger charge is 2.36. The molecule has 0 bridgehead atoms. The minimum Gasteiger partial charge on any atom is -0.338 e. The summed E-state index contributed by atoms with van der Waals surface area (Å²) in [7, 11) is -3.11. The minimum atomic E-state index is -3.11. The predicted octanol–water partition coefficient (Wildman–Crippen LogP) is 0.871. The van der Waals surface area contributed by atoms with Crippen molar-refractivity contribution < 1.29 is 13.2 Å². The zero-order valence-electron chi connectivity index (χ0n) is 15.3. The van der Waals surface area contributed by atoms with Crippen LogP contribution in [0.5, 0.6) is 0 Å². The number of nitrogens with zero attached hydrogens (tertiary/aromatic N) is 2. The molecule has 1 aliphatic rings. The van der Waals surface area contributed by atoms with Crippen molar-refractivity contribution in [2.24, 2.45) is 5.73 Å². The molecule has 25 heavy (non-hydrogen) atoms. The fourth-order valence-corrected chi connectivity index (χ4v) is 3.86. The molecule has 1 aliphatic heterocycles. The van der Waals surface area contributed by atoms with Gasteiger partial charge in [-0.15, -0.1) is 0 Å². The molecule has 1 fully saturated rings. The summed E-state index contributed by atoms with van der Waals surface area (Å²) in [6.07, 6.45) is 1.33. The van der Waals surface area contributed by atoms with E-state index in [4.69, 9.17) is 5.73 Å². The van der Waals surface area contributed by atoms with Gasteiger partial charge in [0.1, 0.15) is 9.84 Å². The molecule has 140 valence electrons. The molecule has 2 rings (SSSR count). The standard InChI is InChI=1S/C18H29N3O3S/c1-18(2)14-20(17(22)16(19)9-12-25(3,23)24)10-11-21(18)13-15-7-5-4-6-8-15/h4-8,16H,9-14,19H2,1-3H3/t16-/m0/s1. The van der Waals surface area contributed by atoms with E-state index in [9.17, 15) is 13.2 Å². The molecule has 0 aromatic heterocycles. The molecule has 1 atom stereocenters. The number of amides is 1. The van der Waals surface area contributed by atoms with Gasteiger partial charge in [0, 0.05) is 38.0 Å². The number of hydrogen-bond acceptors (Lipinski definition) is 5. The first kappa shape index (κ1) is 19.9. The van der Waals surface area contributed by atoms with Crippen LogP contribution in [0.4, 0.5) is 0 Å². The molecule has 1 aromatic carbocycles. The van der Waals surface area contributed by atoms with Gasteiger partial charge in [0.05, 0.1) is 11.8 Å². The van der Waals surface area contributed by atoms with E-state index in [0.29, 0.717) is 13.1 Å². The molecule has 6 nitrogen and oxygen atoms in total. The zero-order valence-corrected chi connectivity index (χ0v) is 16.1. The Bertz CT molecular complexity index is 689. The van der Waals surface area contributed by atoms with Crippen LogP contribution < -0.4 is 5.73 Å². The van der Waals surface area contributed by atoms with E-state index in [1.165, 1.54) is 5.56 Å². The largest absolute Gasteiger partial charge is 0.338 e. The Labute approximate surface area is 150 Å². The number of hydrogen-bond donors (Lipinski definition) is 1. The van der Waals surface area contributed by atoms with Gasteiger partial charge in [-0.05, 0) is 25.8 Å². The second-order valence-electron chi connectivity index (χ2n) is 7.50. The Morgan fingerprint density at radius 3 is 2.44 bits per heavy atom. The van der Waals surface area contributed by atoms with E-state index in [1.54, 1.807) is 4.90 Å². The third-order valence-corrected chi connectivity index (χ3v) is 5.70. The highest BCUT2D eigenvalue weighted by molar-refractivity contribution is 7.90. The summed E-state index contributed by atoms with van der Waals surface area (Å²) in [4.78, 5) is 16.7. The number of sulfone groups is 1. The van der Waals surface area contributed by atoms with Crippen molar-refractivity contribution in [3.8, 4) is 0 Å². The van der Waals surface area contributed by atoms with Crippen LogP contribution in [-0.4, -0.2) is 67.3 Å². The van der Waals surface area contributed by atoms with Gasteiger partial charge in [0.25, 0.3) is 0 Å². The molecule has 0 unspecified atom stereocenters. The van der Waals surface area contributed by atoms with E-state index in [2.05, 4.69) is 30.9 Å². The number of piperazine rings is 1. The van der Waals surface area contributed by atoms with E-state index in [1.807, 2.05) is 18.2 Å². The second kappa shape index (κ2) is 7.85. The first-order valence-corrected chi connectivity index (χ1v) is 10.7. The van der Waals surface area contributed by atoms with E-state index in [0.717, 1.165) is 19.3 Å². The average molecular weight is 368 g/mol. The fourth-order valence-electron chi connectivity index (χ4n) is 3.17. The topological polar surface area (TPSA) is 83.7 Å². The van der Waals surface area contributed by atoms with Crippen LogP contribution in [0, 0.1) is 0 Å². The van der Waals surface area contributed by atoms with Crippen LogP contribution in [0.25, 0.3) is 0 Å². The monoisotopic (exact) mass is 367 g/mol. The summed E-state index contributed by atoms with van der Waals surface area (Å²) in [5.74, 6) is -0.215. The van der Waals surface area contributed by atoms with Crippen LogP contribution in [0.2, 0.25) is 0 Å². The molecule has 0 radical (unpaired) electrons. The maximum Gasteiger partial charge on any atom is 0.239 e. The summed E-state index contributed by atoms with van der Waals surface area (Å²) in [6.45, 7) is 7.06. The van der Waals surface area contributed by atoms with Gasteiger partial charge in [0.15, 0.2) is 0 Å². The molecular formula is C18H29N3O3S. The van der Waals surface area contributed by atoms with Crippen LogP contribution in [-0.2, 0) is 21.2 Å². The van der Waals surface area contributed by atoms with Crippen LogP contribution in [0.1, 0.15) is 25.8 Å². The van der Waals surface area contributed by atoms with Crippen molar-refractivity contribution in [3.05, 3.63) is 35.9 Å². The number of carbonyl (C=O) groups is 1. The van der Waals surface area contributed by atoms with Gasteiger partial charge in [0.2, 0.25) is 5.91 Å². The number of carbonyl (C=O) groups excluding carboxylic acids is 1. The van der Waals surface area contributed by atoms with Crippen LogP contribution in [0.3, 0.4) is 0 Å². The highest BCUT2D eigenvalue weighted by Crippen LogP contribution is 2.23. The summed E-state index contributed by atoms with van der Waals surface area (Å²) >= 11 is 0. The normalized spacial score (nSPS) is 19.6. The van der Waals surface area contributed by atoms with Crippen molar-refractivity contribution in [3.63, 3.8) is 0 Å². The smallest absolute Gasteiger partial charge is 0.239 e. The highest BCUT2D eigenvalue weighted by atomic mass is 32.2. The molecular weight excluding hydrogens is 338 g/mol. The molecule has 1 saturated heterocycles. The molecule has 0 aliphatic carbocycles. The van der Waals surface area contributed by atoms with E-state index in [-0.39, 0.29) is 23.6 Å². The maximum atomic E-state index is 12.6. The van der Waals surface area contributed by atoms with Gasteiger partial charge in [-0.3, -0.25) is 9.69 Å².